The Kier molecular flexibility index (Phi) is 3.89. The highest BCUT2D eigenvalue weighted by atomic mass is 16.6. The van der Waals surface area contributed by atoms with Crippen molar-refractivity contribution in [1.29, 1.82) is 0 Å². The Balaban J connectivity index is 1.46. The molecule has 0 spiro atoms. The minimum Gasteiger partial charge on any atom is -0.465 e. The van der Waals surface area contributed by atoms with Crippen LogP contribution in [0, 0.1) is 0 Å². The van der Waals surface area contributed by atoms with E-state index in [1.54, 1.807) is 12.1 Å². The number of ether oxygens (including phenoxy) is 1. The number of aromatic nitrogens is 2. The molecule has 0 aliphatic heterocycles. The van der Waals surface area contributed by atoms with Gasteiger partial charge in [0.1, 0.15) is 0 Å². The third-order valence-electron chi connectivity index (χ3n) is 3.14. The molecule has 1 N–H and O–H groups in total. The highest BCUT2D eigenvalue weighted by Gasteiger charge is 2.28. The van der Waals surface area contributed by atoms with Gasteiger partial charge in [0.15, 0.2) is 11.6 Å². The van der Waals surface area contributed by atoms with E-state index < -0.39 is 0 Å². The maximum Gasteiger partial charge on any atom is 0.287 e. The molecule has 1 saturated carbocycles. The molecule has 0 radical (unpaired) electrons. The molecule has 2 heterocycles. The van der Waals surface area contributed by atoms with Crippen LogP contribution >= 0.6 is 0 Å². The molecule has 7 heteroatoms. The van der Waals surface area contributed by atoms with Crippen LogP contribution in [-0.2, 0) is 6.42 Å². The van der Waals surface area contributed by atoms with Gasteiger partial charge in [-0.3, -0.25) is 4.79 Å². The van der Waals surface area contributed by atoms with Crippen molar-refractivity contribution >= 4 is 5.91 Å². The van der Waals surface area contributed by atoms with Gasteiger partial charge < -0.3 is 19.0 Å². The van der Waals surface area contributed by atoms with Crippen molar-refractivity contribution in [1.82, 2.24) is 15.5 Å². The lowest BCUT2D eigenvalue weighted by Gasteiger charge is -2.00. The topological polar surface area (TPSA) is 90.4 Å². The normalized spacial score (nSPS) is 14.1. The zero-order chi connectivity index (χ0) is 14.7. The number of amides is 1. The van der Waals surface area contributed by atoms with E-state index in [1.165, 1.54) is 0 Å². The molecule has 1 fully saturated rings. The third-order valence-corrected chi connectivity index (χ3v) is 3.14. The average molecular weight is 291 g/mol. The molecular weight excluding hydrogens is 274 g/mol. The first kappa shape index (κ1) is 13.7. The lowest BCUT2D eigenvalue weighted by molar-refractivity contribution is 0.0917. The second-order valence-corrected chi connectivity index (χ2v) is 4.88. The second-order valence-electron chi connectivity index (χ2n) is 4.88. The van der Waals surface area contributed by atoms with E-state index in [-0.39, 0.29) is 11.7 Å². The summed E-state index contributed by atoms with van der Waals surface area (Å²) >= 11 is 0. The maximum atomic E-state index is 11.8. The van der Waals surface area contributed by atoms with Crippen molar-refractivity contribution < 1.29 is 18.5 Å². The van der Waals surface area contributed by atoms with Gasteiger partial charge in [0.05, 0.1) is 6.61 Å². The number of carbonyl (C=O) groups excluding carboxylic acids is 1. The van der Waals surface area contributed by atoms with Crippen LogP contribution in [0.1, 0.15) is 48.0 Å². The Morgan fingerprint density at radius 3 is 3.10 bits per heavy atom. The largest absolute Gasteiger partial charge is 0.465 e. The molecule has 0 atom stereocenters. The van der Waals surface area contributed by atoms with Crippen molar-refractivity contribution in [3.63, 3.8) is 0 Å². The summed E-state index contributed by atoms with van der Waals surface area (Å²) in [5, 5.41) is 6.67. The Labute approximate surface area is 121 Å². The summed E-state index contributed by atoms with van der Waals surface area (Å²) in [6.45, 7) is 2.76. The van der Waals surface area contributed by atoms with Gasteiger partial charge in [-0.1, -0.05) is 5.16 Å². The zero-order valence-corrected chi connectivity index (χ0v) is 11.8. The van der Waals surface area contributed by atoms with Gasteiger partial charge in [0, 0.05) is 24.9 Å². The lowest BCUT2D eigenvalue weighted by Crippen LogP contribution is -2.25. The number of rotatable bonds is 7. The summed E-state index contributed by atoms with van der Waals surface area (Å²) in [6.07, 6.45) is 2.78. The van der Waals surface area contributed by atoms with Gasteiger partial charge in [0.2, 0.25) is 5.89 Å². The second kappa shape index (κ2) is 5.99. The van der Waals surface area contributed by atoms with Crippen LogP contribution in [0.25, 0.3) is 0 Å². The quantitative estimate of drug-likeness (QED) is 0.838. The summed E-state index contributed by atoms with van der Waals surface area (Å²) < 4.78 is 15.5. The van der Waals surface area contributed by atoms with E-state index in [2.05, 4.69) is 15.5 Å². The van der Waals surface area contributed by atoms with Crippen LogP contribution in [0.4, 0.5) is 0 Å². The van der Waals surface area contributed by atoms with Gasteiger partial charge >= 0.3 is 0 Å². The van der Waals surface area contributed by atoms with Crippen LogP contribution in [0.2, 0.25) is 0 Å². The molecule has 1 aliphatic carbocycles. The molecule has 1 amide bonds. The summed E-state index contributed by atoms with van der Waals surface area (Å²) in [7, 11) is 0. The molecule has 112 valence electrons. The van der Waals surface area contributed by atoms with Crippen molar-refractivity contribution in [2.45, 2.75) is 32.1 Å². The first-order valence-corrected chi connectivity index (χ1v) is 7.09. The first-order valence-electron chi connectivity index (χ1n) is 7.09. The van der Waals surface area contributed by atoms with Crippen LogP contribution in [0.5, 0.6) is 5.95 Å². The smallest absolute Gasteiger partial charge is 0.287 e. The minimum atomic E-state index is -0.289. The Bertz CT molecular complexity index is 615. The number of nitrogens with one attached hydrogen (secondary N) is 1. The molecular formula is C14H17N3O4. The fraction of sp³-hybridized carbons (Fsp3) is 0.500. The summed E-state index contributed by atoms with van der Waals surface area (Å²) in [4.78, 5) is 16.1. The molecule has 0 saturated heterocycles. The van der Waals surface area contributed by atoms with Gasteiger partial charge in [-0.15, -0.1) is 0 Å². The monoisotopic (exact) mass is 291 g/mol. The minimum absolute atomic E-state index is 0.225. The predicted octanol–water partition coefficient (Wildman–Crippen LogP) is 1.91. The maximum absolute atomic E-state index is 11.8. The number of hydrogen-bond acceptors (Lipinski definition) is 6. The van der Waals surface area contributed by atoms with Crippen LogP contribution in [0.3, 0.4) is 0 Å². The molecule has 0 aromatic carbocycles. The van der Waals surface area contributed by atoms with Gasteiger partial charge in [-0.05, 0) is 25.8 Å². The summed E-state index contributed by atoms with van der Waals surface area (Å²) in [5.41, 5.74) is 0. The highest BCUT2D eigenvalue weighted by Crippen LogP contribution is 2.38. The van der Waals surface area contributed by atoms with Crippen LogP contribution < -0.4 is 10.1 Å². The van der Waals surface area contributed by atoms with Crippen molar-refractivity contribution in [2.24, 2.45) is 0 Å². The zero-order valence-electron chi connectivity index (χ0n) is 11.8. The standard InChI is InChI=1S/C14H17N3O4/c1-2-19-12-6-5-10(20-12)14(18)15-8-7-11-16-13(17-21-11)9-3-4-9/h5-6,9H,2-4,7-8H2,1H3,(H,15,18). The molecule has 7 nitrogen and oxygen atoms in total. The van der Waals surface area contributed by atoms with E-state index in [0.717, 1.165) is 18.7 Å². The SMILES string of the molecule is CCOc1ccc(C(=O)NCCc2nc(C3CC3)no2)o1. The van der Waals surface area contributed by atoms with E-state index in [0.29, 0.717) is 37.3 Å². The van der Waals surface area contributed by atoms with Gasteiger partial charge in [0.25, 0.3) is 11.9 Å². The fourth-order valence-corrected chi connectivity index (χ4v) is 1.91. The molecule has 21 heavy (non-hydrogen) atoms. The average Bonchev–Trinajstić information content (AvgIpc) is 3.04. The molecule has 1 aliphatic rings. The van der Waals surface area contributed by atoms with Gasteiger partial charge in [-0.25, -0.2) is 0 Å². The van der Waals surface area contributed by atoms with E-state index in [4.69, 9.17) is 13.7 Å². The number of carbonyl (C=O) groups is 1. The Morgan fingerprint density at radius 1 is 1.48 bits per heavy atom. The highest BCUT2D eigenvalue weighted by molar-refractivity contribution is 5.91. The first-order chi connectivity index (χ1) is 10.3. The predicted molar refractivity (Wildman–Crippen MR) is 72.2 cm³/mol. The van der Waals surface area contributed by atoms with Crippen molar-refractivity contribution in [3.8, 4) is 5.95 Å². The van der Waals surface area contributed by atoms with E-state index in [1.807, 2.05) is 6.92 Å². The summed E-state index contributed by atoms with van der Waals surface area (Å²) in [6, 6.07) is 3.20. The molecule has 0 bridgehead atoms. The third kappa shape index (κ3) is 3.42. The molecule has 2 aromatic rings. The molecule has 0 unspecified atom stereocenters. The number of furan rings is 1. The molecule has 2 aromatic heterocycles. The number of hydrogen-bond donors (Lipinski definition) is 1. The lowest BCUT2D eigenvalue weighted by atomic mass is 10.3. The van der Waals surface area contributed by atoms with Crippen molar-refractivity contribution in [3.05, 3.63) is 29.6 Å². The number of nitrogens with zero attached hydrogens (tertiary/aromatic N) is 2. The Morgan fingerprint density at radius 2 is 2.33 bits per heavy atom. The summed E-state index contributed by atoms with van der Waals surface area (Å²) in [5.74, 6) is 2.08. The van der Waals surface area contributed by atoms with E-state index in [9.17, 15) is 4.79 Å². The van der Waals surface area contributed by atoms with Crippen LogP contribution in [0.15, 0.2) is 21.1 Å². The van der Waals surface area contributed by atoms with Gasteiger partial charge in [-0.2, -0.15) is 4.98 Å². The fourth-order valence-electron chi connectivity index (χ4n) is 1.91. The molecule has 3 rings (SSSR count). The van der Waals surface area contributed by atoms with E-state index >= 15 is 0 Å². The van der Waals surface area contributed by atoms with Crippen molar-refractivity contribution in [2.75, 3.05) is 13.2 Å². The van der Waals surface area contributed by atoms with Crippen LogP contribution in [-0.4, -0.2) is 29.2 Å². The Hall–Kier alpha value is -2.31.